The van der Waals surface area contributed by atoms with E-state index in [0.29, 0.717) is 6.07 Å². The number of phenols is 1. The molecule has 4 nitrogen and oxygen atoms in total. The minimum atomic E-state index is -1.31. The molecule has 1 atom stereocenters. The Kier molecular flexibility index (Phi) is 3.44. The number of ketones is 1. The molecule has 88 valence electrons. The van der Waals surface area contributed by atoms with Crippen LogP contribution in [0.1, 0.15) is 17.3 Å². The first-order valence-electron chi connectivity index (χ1n) is 4.44. The van der Waals surface area contributed by atoms with Gasteiger partial charge in [0.15, 0.2) is 23.1 Å². The molecule has 0 bridgehead atoms. The average molecular weight is 231 g/mol. The molecule has 0 aliphatic rings. The normalized spacial score (nSPS) is 12.3. The molecule has 0 aliphatic heterocycles. The molecule has 1 unspecified atom stereocenters. The molecule has 0 aromatic heterocycles. The highest BCUT2D eigenvalue weighted by Gasteiger charge is 2.24. The smallest absolute Gasteiger partial charge is 0.210 e. The first-order chi connectivity index (χ1) is 7.40. The average Bonchev–Trinajstić information content (AvgIpc) is 2.23. The Morgan fingerprint density at radius 2 is 2.12 bits per heavy atom. The summed E-state index contributed by atoms with van der Waals surface area (Å²) in [6, 6.07) is -0.263. The highest BCUT2D eigenvalue weighted by Crippen LogP contribution is 2.32. The molecule has 1 rings (SSSR count). The third kappa shape index (κ3) is 1.96. The van der Waals surface area contributed by atoms with Crippen molar-refractivity contribution in [2.24, 2.45) is 5.73 Å². The highest BCUT2D eigenvalue weighted by atomic mass is 19.1. The zero-order valence-electron chi connectivity index (χ0n) is 8.75. The van der Waals surface area contributed by atoms with E-state index in [0.717, 1.165) is 7.11 Å². The minimum Gasteiger partial charge on any atom is -0.504 e. The first-order valence-corrected chi connectivity index (χ1v) is 4.44. The maximum atomic E-state index is 13.3. The van der Waals surface area contributed by atoms with Crippen LogP contribution in [0.15, 0.2) is 6.07 Å². The van der Waals surface area contributed by atoms with Crippen LogP contribution >= 0.6 is 0 Å². The van der Waals surface area contributed by atoms with Gasteiger partial charge in [-0.2, -0.15) is 4.39 Å². The summed E-state index contributed by atoms with van der Waals surface area (Å²) in [7, 11) is 1.05. The van der Waals surface area contributed by atoms with Gasteiger partial charge in [0.1, 0.15) is 0 Å². The van der Waals surface area contributed by atoms with E-state index in [2.05, 4.69) is 4.74 Å². The number of methoxy groups -OCH3 is 1. The number of ether oxygens (including phenoxy) is 1. The van der Waals surface area contributed by atoms with Crippen molar-refractivity contribution in [2.75, 3.05) is 7.11 Å². The number of benzene rings is 1. The first kappa shape index (κ1) is 12.4. The molecule has 0 saturated heterocycles. The summed E-state index contributed by atoms with van der Waals surface area (Å²) in [4.78, 5) is 11.4. The second-order valence-electron chi connectivity index (χ2n) is 3.25. The molecule has 0 amide bonds. The van der Waals surface area contributed by atoms with Crippen LogP contribution in [0.5, 0.6) is 11.5 Å². The predicted molar refractivity (Wildman–Crippen MR) is 52.6 cm³/mol. The molecule has 16 heavy (non-hydrogen) atoms. The Morgan fingerprint density at radius 3 is 2.56 bits per heavy atom. The predicted octanol–water partition coefficient (Wildman–Crippen LogP) is 1.21. The van der Waals surface area contributed by atoms with E-state index in [9.17, 15) is 18.7 Å². The monoisotopic (exact) mass is 231 g/mol. The van der Waals surface area contributed by atoms with Crippen molar-refractivity contribution in [2.45, 2.75) is 13.0 Å². The van der Waals surface area contributed by atoms with E-state index in [1.54, 1.807) is 0 Å². The van der Waals surface area contributed by atoms with Crippen molar-refractivity contribution in [1.29, 1.82) is 0 Å². The van der Waals surface area contributed by atoms with Gasteiger partial charge in [-0.3, -0.25) is 4.79 Å². The lowest BCUT2D eigenvalue weighted by molar-refractivity contribution is 0.0963. The zero-order valence-corrected chi connectivity index (χ0v) is 8.75. The number of hydrogen-bond acceptors (Lipinski definition) is 4. The molecule has 0 fully saturated rings. The van der Waals surface area contributed by atoms with E-state index in [4.69, 9.17) is 5.73 Å². The van der Waals surface area contributed by atoms with Gasteiger partial charge in [-0.25, -0.2) is 4.39 Å². The summed E-state index contributed by atoms with van der Waals surface area (Å²) in [5.41, 5.74) is 4.78. The minimum absolute atomic E-state index is 0.495. The van der Waals surface area contributed by atoms with E-state index in [1.807, 2.05) is 0 Å². The van der Waals surface area contributed by atoms with Gasteiger partial charge in [-0.05, 0) is 13.0 Å². The number of Topliss-reactive ketones (excluding diaryl/α,β-unsaturated/α-hetero) is 1. The summed E-state index contributed by atoms with van der Waals surface area (Å²) in [6.07, 6.45) is 0. The SMILES string of the molecule is COc1c(F)cc(C(=O)C(C)N)c(O)c1F. The topological polar surface area (TPSA) is 72.5 Å². The summed E-state index contributed by atoms with van der Waals surface area (Å²) in [5, 5.41) is 9.36. The quantitative estimate of drug-likeness (QED) is 0.767. The molecule has 3 N–H and O–H groups in total. The summed E-state index contributed by atoms with van der Waals surface area (Å²) >= 11 is 0. The molecule has 1 aromatic rings. The van der Waals surface area contributed by atoms with Crippen molar-refractivity contribution in [3.63, 3.8) is 0 Å². The Balaban J connectivity index is 3.40. The van der Waals surface area contributed by atoms with E-state index < -0.39 is 40.5 Å². The molecule has 0 aliphatic carbocycles. The summed E-state index contributed by atoms with van der Waals surface area (Å²) in [5.74, 6) is -4.83. The zero-order chi connectivity index (χ0) is 12.5. The fourth-order valence-corrected chi connectivity index (χ4v) is 1.21. The molecule has 0 spiro atoms. The van der Waals surface area contributed by atoms with Gasteiger partial charge >= 0.3 is 0 Å². The van der Waals surface area contributed by atoms with Gasteiger partial charge in [0, 0.05) is 0 Å². The van der Waals surface area contributed by atoms with Gasteiger partial charge in [-0.1, -0.05) is 0 Å². The summed E-state index contributed by atoms with van der Waals surface area (Å²) < 4.78 is 31.0. The van der Waals surface area contributed by atoms with Crippen LogP contribution in [0.25, 0.3) is 0 Å². The lowest BCUT2D eigenvalue weighted by atomic mass is 10.0. The van der Waals surface area contributed by atoms with Crippen LogP contribution < -0.4 is 10.5 Å². The van der Waals surface area contributed by atoms with Crippen molar-refractivity contribution in [1.82, 2.24) is 0 Å². The number of halogens is 2. The third-order valence-electron chi connectivity index (χ3n) is 2.03. The van der Waals surface area contributed by atoms with Crippen molar-refractivity contribution in [3.8, 4) is 11.5 Å². The maximum absolute atomic E-state index is 13.3. The van der Waals surface area contributed by atoms with E-state index in [-0.39, 0.29) is 0 Å². The fraction of sp³-hybridized carbons (Fsp3) is 0.300. The van der Waals surface area contributed by atoms with Gasteiger partial charge in [0.2, 0.25) is 5.82 Å². The number of phenolic OH excluding ortho intramolecular Hbond substituents is 1. The van der Waals surface area contributed by atoms with E-state index in [1.165, 1.54) is 6.92 Å². The maximum Gasteiger partial charge on any atom is 0.210 e. The number of rotatable bonds is 3. The lowest BCUT2D eigenvalue weighted by Gasteiger charge is -2.10. The van der Waals surface area contributed by atoms with Crippen molar-refractivity contribution in [3.05, 3.63) is 23.3 Å². The molecular formula is C10H11F2NO3. The van der Waals surface area contributed by atoms with Crippen LogP contribution in [0, 0.1) is 11.6 Å². The number of aromatic hydroxyl groups is 1. The number of hydrogen-bond donors (Lipinski definition) is 2. The van der Waals surface area contributed by atoms with Crippen LogP contribution in [-0.2, 0) is 0 Å². The number of carbonyl (C=O) groups excluding carboxylic acids is 1. The highest BCUT2D eigenvalue weighted by molar-refractivity contribution is 6.02. The summed E-state index contributed by atoms with van der Waals surface area (Å²) in [6.45, 7) is 1.35. The Morgan fingerprint density at radius 1 is 1.56 bits per heavy atom. The second kappa shape index (κ2) is 4.44. The van der Waals surface area contributed by atoms with Crippen LogP contribution in [-0.4, -0.2) is 24.0 Å². The Hall–Kier alpha value is -1.69. The third-order valence-corrected chi connectivity index (χ3v) is 2.03. The molecule has 6 heteroatoms. The Labute approximate surface area is 90.6 Å². The Bertz CT molecular complexity index is 433. The van der Waals surface area contributed by atoms with Crippen LogP contribution in [0.3, 0.4) is 0 Å². The fourth-order valence-electron chi connectivity index (χ4n) is 1.21. The molecule has 1 aromatic carbocycles. The molecule has 0 radical (unpaired) electrons. The van der Waals surface area contributed by atoms with Crippen LogP contribution in [0.4, 0.5) is 8.78 Å². The largest absolute Gasteiger partial charge is 0.504 e. The molecule has 0 heterocycles. The van der Waals surface area contributed by atoms with Gasteiger partial charge in [0.25, 0.3) is 0 Å². The van der Waals surface area contributed by atoms with Crippen molar-refractivity contribution < 1.29 is 23.4 Å². The number of nitrogens with two attached hydrogens (primary N) is 1. The number of carbonyl (C=O) groups is 1. The van der Waals surface area contributed by atoms with E-state index >= 15 is 0 Å². The van der Waals surface area contributed by atoms with Crippen LogP contribution in [0.2, 0.25) is 0 Å². The van der Waals surface area contributed by atoms with Gasteiger partial charge < -0.3 is 15.6 Å². The molecule has 0 saturated carbocycles. The molecular weight excluding hydrogens is 220 g/mol. The standard InChI is InChI=1S/C10H11F2NO3/c1-4(13)8(14)5-3-6(11)10(16-2)7(12)9(5)15/h3-4,15H,13H2,1-2H3. The second-order valence-corrected chi connectivity index (χ2v) is 3.25. The van der Waals surface area contributed by atoms with Gasteiger partial charge in [0.05, 0.1) is 18.7 Å². The lowest BCUT2D eigenvalue weighted by Crippen LogP contribution is -2.27. The van der Waals surface area contributed by atoms with Gasteiger partial charge in [-0.15, -0.1) is 0 Å². The van der Waals surface area contributed by atoms with Crippen molar-refractivity contribution >= 4 is 5.78 Å².